The molecule has 8 nitrogen and oxygen atoms in total. The number of hydrogen-bond donors (Lipinski definition) is 3. The first kappa shape index (κ1) is 26.3. The number of benzene rings is 1. The molecule has 1 aromatic carbocycles. The zero-order valence-corrected chi connectivity index (χ0v) is 21.1. The smallest absolute Gasteiger partial charge is 0.191 e. The van der Waals surface area contributed by atoms with Crippen molar-refractivity contribution < 1.29 is 9.84 Å². The highest BCUT2D eigenvalue weighted by Crippen LogP contribution is 2.23. The van der Waals surface area contributed by atoms with Crippen molar-refractivity contribution in [1.82, 2.24) is 25.4 Å². The van der Waals surface area contributed by atoms with Crippen molar-refractivity contribution in [2.45, 2.75) is 45.8 Å². The number of methoxy groups -OCH3 is 1. The van der Waals surface area contributed by atoms with E-state index in [1.807, 2.05) is 30.7 Å². The molecule has 2 aromatic rings. The molecule has 0 saturated heterocycles. The van der Waals surface area contributed by atoms with Crippen LogP contribution < -0.4 is 10.6 Å². The van der Waals surface area contributed by atoms with Gasteiger partial charge < -0.3 is 25.0 Å². The molecule has 0 amide bonds. The summed E-state index contributed by atoms with van der Waals surface area (Å²) in [5, 5.41) is 25.1. The molecule has 0 aliphatic carbocycles. The normalized spacial score (nSPS) is 13.0. The van der Waals surface area contributed by atoms with Crippen LogP contribution in [0.5, 0.6) is 0 Å². The number of aliphatic imine (C=N–C) groups is 1. The van der Waals surface area contributed by atoms with Gasteiger partial charge in [0.25, 0.3) is 0 Å². The van der Waals surface area contributed by atoms with Gasteiger partial charge >= 0.3 is 0 Å². The van der Waals surface area contributed by atoms with E-state index in [1.54, 1.807) is 7.11 Å². The van der Waals surface area contributed by atoms with Crippen molar-refractivity contribution in [2.75, 3.05) is 26.8 Å². The van der Waals surface area contributed by atoms with Gasteiger partial charge in [-0.15, -0.1) is 34.2 Å². The van der Waals surface area contributed by atoms with E-state index >= 15 is 0 Å². The van der Waals surface area contributed by atoms with E-state index in [1.165, 1.54) is 5.56 Å². The third-order valence-electron chi connectivity index (χ3n) is 4.78. The molecule has 0 spiro atoms. The molecule has 1 unspecified atom stereocenters. The summed E-state index contributed by atoms with van der Waals surface area (Å²) >= 11 is 0. The molecule has 0 bridgehead atoms. The molecule has 9 heteroatoms. The van der Waals surface area contributed by atoms with Gasteiger partial charge in [0.15, 0.2) is 11.8 Å². The second-order valence-electron chi connectivity index (χ2n) is 8.08. The van der Waals surface area contributed by atoms with Gasteiger partial charge in [0, 0.05) is 27.2 Å². The second-order valence-corrected chi connectivity index (χ2v) is 8.08. The number of halogens is 1. The van der Waals surface area contributed by atoms with E-state index in [2.05, 4.69) is 58.7 Å². The van der Waals surface area contributed by atoms with Crippen molar-refractivity contribution in [1.29, 1.82) is 0 Å². The predicted molar refractivity (Wildman–Crippen MR) is 130 cm³/mol. The molecule has 2 rings (SSSR count). The van der Waals surface area contributed by atoms with Crippen molar-refractivity contribution in [3.63, 3.8) is 0 Å². The lowest BCUT2D eigenvalue weighted by atomic mass is 9.86. The first-order valence-corrected chi connectivity index (χ1v) is 9.87. The summed E-state index contributed by atoms with van der Waals surface area (Å²) in [6.45, 7) is 10.3. The molecule has 3 N–H and O–H groups in total. The summed E-state index contributed by atoms with van der Waals surface area (Å²) in [5.74, 6) is 2.20. The fourth-order valence-corrected chi connectivity index (χ4v) is 2.70. The summed E-state index contributed by atoms with van der Waals surface area (Å²) < 4.78 is 6.99. The summed E-state index contributed by atoms with van der Waals surface area (Å²) in [4.78, 5) is 4.56. The standard InChI is InChI=1S/C21H34N6O2.HI/c1-15-25-26-19(27(15)5)14-24-20(22-11-12-29-6)23-13-18(28)16-7-9-17(10-8-16)21(2,3)4;/h7-10,18,28H,11-14H2,1-6H3,(H2,22,23,24);1H. The second kappa shape index (κ2) is 12.2. The molecule has 0 fully saturated rings. The summed E-state index contributed by atoms with van der Waals surface area (Å²) in [5.41, 5.74) is 2.19. The van der Waals surface area contributed by atoms with Crippen LogP contribution in [0.15, 0.2) is 29.3 Å². The van der Waals surface area contributed by atoms with Crippen molar-refractivity contribution >= 4 is 29.9 Å². The molecular weight excluding hydrogens is 495 g/mol. The highest BCUT2D eigenvalue weighted by atomic mass is 127. The van der Waals surface area contributed by atoms with Crippen LogP contribution in [-0.2, 0) is 23.7 Å². The number of guanidine groups is 1. The minimum absolute atomic E-state index is 0. The average Bonchev–Trinajstić information content (AvgIpc) is 3.01. The first-order chi connectivity index (χ1) is 13.7. The van der Waals surface area contributed by atoms with E-state index in [9.17, 15) is 5.11 Å². The van der Waals surface area contributed by atoms with Crippen molar-refractivity contribution in [3.05, 3.63) is 47.0 Å². The van der Waals surface area contributed by atoms with Gasteiger partial charge in [-0.05, 0) is 23.5 Å². The molecule has 0 saturated carbocycles. The van der Waals surface area contributed by atoms with Gasteiger partial charge in [-0.2, -0.15) is 0 Å². The highest BCUT2D eigenvalue weighted by molar-refractivity contribution is 14.0. The lowest BCUT2D eigenvalue weighted by molar-refractivity contribution is 0.180. The zero-order chi connectivity index (χ0) is 21.4. The van der Waals surface area contributed by atoms with Crippen LogP contribution >= 0.6 is 24.0 Å². The Balaban J connectivity index is 0.00000450. The number of nitrogens with zero attached hydrogens (tertiary/aromatic N) is 4. The Hall–Kier alpha value is -1.72. The minimum Gasteiger partial charge on any atom is -0.387 e. The summed E-state index contributed by atoms with van der Waals surface area (Å²) in [6.07, 6.45) is -0.643. The van der Waals surface area contributed by atoms with Crippen LogP contribution in [0.2, 0.25) is 0 Å². The number of nitrogens with one attached hydrogen (secondary N) is 2. The van der Waals surface area contributed by atoms with Crippen molar-refractivity contribution in [3.8, 4) is 0 Å². The molecule has 168 valence electrons. The van der Waals surface area contributed by atoms with E-state index in [4.69, 9.17) is 4.74 Å². The number of aliphatic hydroxyl groups is 1. The first-order valence-electron chi connectivity index (χ1n) is 9.87. The maximum Gasteiger partial charge on any atom is 0.191 e. The zero-order valence-electron chi connectivity index (χ0n) is 18.8. The van der Waals surface area contributed by atoms with Gasteiger partial charge in [-0.25, -0.2) is 4.99 Å². The fourth-order valence-electron chi connectivity index (χ4n) is 2.70. The quantitative estimate of drug-likeness (QED) is 0.210. The lowest BCUT2D eigenvalue weighted by Crippen LogP contribution is -2.41. The number of aryl methyl sites for hydroxylation is 1. The molecule has 0 aliphatic rings. The third-order valence-corrected chi connectivity index (χ3v) is 4.78. The van der Waals surface area contributed by atoms with Crippen LogP contribution in [0, 0.1) is 6.92 Å². The van der Waals surface area contributed by atoms with E-state index in [0.29, 0.717) is 32.2 Å². The molecule has 1 atom stereocenters. The van der Waals surface area contributed by atoms with Crippen LogP contribution in [0.4, 0.5) is 0 Å². The number of aliphatic hydroxyl groups excluding tert-OH is 1. The van der Waals surface area contributed by atoms with Gasteiger partial charge in [-0.3, -0.25) is 0 Å². The number of aromatic nitrogens is 3. The Morgan fingerprint density at radius 1 is 1.20 bits per heavy atom. The van der Waals surface area contributed by atoms with E-state index < -0.39 is 6.10 Å². The average molecular weight is 530 g/mol. The Bertz CT molecular complexity index is 799. The Labute approximate surface area is 196 Å². The molecular formula is C21H35IN6O2. The van der Waals surface area contributed by atoms with E-state index in [-0.39, 0.29) is 29.4 Å². The van der Waals surface area contributed by atoms with Crippen LogP contribution in [0.25, 0.3) is 0 Å². The van der Waals surface area contributed by atoms with Crippen LogP contribution in [-0.4, -0.2) is 52.6 Å². The van der Waals surface area contributed by atoms with Gasteiger partial charge in [0.05, 0.1) is 12.7 Å². The molecule has 30 heavy (non-hydrogen) atoms. The predicted octanol–water partition coefficient (Wildman–Crippen LogP) is 2.45. The molecule has 1 aromatic heterocycles. The summed E-state index contributed by atoms with van der Waals surface area (Å²) in [7, 11) is 3.57. The number of hydrogen-bond acceptors (Lipinski definition) is 5. The Morgan fingerprint density at radius 2 is 1.87 bits per heavy atom. The SMILES string of the molecule is COCCNC(=NCc1nnc(C)n1C)NCC(O)c1ccc(C(C)(C)C)cc1.I. The van der Waals surface area contributed by atoms with Crippen LogP contribution in [0.3, 0.4) is 0 Å². The fraction of sp³-hybridized carbons (Fsp3) is 0.571. The highest BCUT2D eigenvalue weighted by Gasteiger charge is 2.15. The van der Waals surface area contributed by atoms with Gasteiger partial charge in [0.2, 0.25) is 0 Å². The third kappa shape index (κ3) is 7.84. The molecule has 1 heterocycles. The maximum atomic E-state index is 10.6. The molecule has 0 radical (unpaired) electrons. The largest absolute Gasteiger partial charge is 0.387 e. The van der Waals surface area contributed by atoms with Crippen LogP contribution in [0.1, 0.15) is 49.7 Å². The van der Waals surface area contributed by atoms with Gasteiger partial charge in [0.1, 0.15) is 12.4 Å². The number of ether oxygens (including phenoxy) is 1. The number of rotatable bonds is 8. The lowest BCUT2D eigenvalue weighted by Gasteiger charge is -2.20. The van der Waals surface area contributed by atoms with E-state index in [0.717, 1.165) is 17.2 Å². The maximum absolute atomic E-state index is 10.6. The topological polar surface area (TPSA) is 96.6 Å². The summed E-state index contributed by atoms with van der Waals surface area (Å²) in [6, 6.07) is 8.09. The Morgan fingerprint density at radius 3 is 2.40 bits per heavy atom. The van der Waals surface area contributed by atoms with Crippen molar-refractivity contribution in [2.24, 2.45) is 12.0 Å². The van der Waals surface area contributed by atoms with Gasteiger partial charge in [-0.1, -0.05) is 45.0 Å². The Kier molecular flexibility index (Phi) is 10.7. The minimum atomic E-state index is -0.643. The molecule has 0 aliphatic heterocycles. The monoisotopic (exact) mass is 530 g/mol.